The highest BCUT2D eigenvalue weighted by molar-refractivity contribution is 14.0. The van der Waals surface area contributed by atoms with Gasteiger partial charge in [0, 0.05) is 25.8 Å². The number of halogens is 1. The average molecular weight is 493 g/mol. The topological polar surface area (TPSA) is 75.1 Å². The smallest absolute Gasteiger partial charge is 0.191 e. The Kier molecular flexibility index (Phi) is 13.5. The molecule has 0 aromatic heterocycles. The minimum Gasteiger partial charge on any atom is -0.491 e. The number of rotatable bonds is 11. The van der Waals surface area contributed by atoms with Crippen LogP contribution in [0.5, 0.6) is 5.75 Å². The van der Waals surface area contributed by atoms with Crippen molar-refractivity contribution in [2.75, 3.05) is 33.4 Å². The Hall–Kier alpha value is -1.06. The van der Waals surface area contributed by atoms with Crippen LogP contribution < -0.4 is 15.4 Å². The van der Waals surface area contributed by atoms with E-state index < -0.39 is 5.60 Å². The number of nitrogens with one attached hydrogen (secondary N) is 2. The van der Waals surface area contributed by atoms with E-state index in [2.05, 4.69) is 21.7 Å². The Morgan fingerprint density at radius 1 is 1.15 bits per heavy atom. The van der Waals surface area contributed by atoms with Gasteiger partial charge in [-0.05, 0) is 38.3 Å². The summed E-state index contributed by atoms with van der Waals surface area (Å²) in [5, 5.41) is 16.9. The van der Waals surface area contributed by atoms with Crippen LogP contribution in [-0.2, 0) is 11.3 Å². The molecule has 27 heavy (non-hydrogen) atoms. The summed E-state index contributed by atoms with van der Waals surface area (Å²) in [6.07, 6.45) is 1.40. The van der Waals surface area contributed by atoms with Gasteiger partial charge in [-0.25, -0.2) is 4.99 Å². The lowest BCUT2D eigenvalue weighted by atomic mass is 9.98. The summed E-state index contributed by atoms with van der Waals surface area (Å²) in [4.78, 5) is 4.65. The van der Waals surface area contributed by atoms with E-state index in [1.807, 2.05) is 39.8 Å². The van der Waals surface area contributed by atoms with E-state index in [9.17, 15) is 5.11 Å². The van der Waals surface area contributed by atoms with Crippen molar-refractivity contribution in [1.82, 2.24) is 10.6 Å². The van der Waals surface area contributed by atoms with Crippen molar-refractivity contribution in [2.24, 2.45) is 4.99 Å². The third kappa shape index (κ3) is 9.62. The van der Waals surface area contributed by atoms with Gasteiger partial charge >= 0.3 is 0 Å². The molecule has 1 aromatic carbocycles. The van der Waals surface area contributed by atoms with Crippen LogP contribution >= 0.6 is 24.0 Å². The lowest BCUT2D eigenvalue weighted by Crippen LogP contribution is -2.46. The molecule has 0 aliphatic rings. The van der Waals surface area contributed by atoms with Gasteiger partial charge in [0.2, 0.25) is 0 Å². The molecule has 0 radical (unpaired) electrons. The van der Waals surface area contributed by atoms with E-state index in [4.69, 9.17) is 9.47 Å². The van der Waals surface area contributed by atoms with Crippen LogP contribution in [0.1, 0.15) is 44.7 Å². The largest absolute Gasteiger partial charge is 0.491 e. The van der Waals surface area contributed by atoms with Gasteiger partial charge in [0.25, 0.3) is 0 Å². The number of hydrogen-bond donors (Lipinski definition) is 3. The number of nitrogens with zero attached hydrogens (tertiary/aromatic N) is 1. The first kappa shape index (κ1) is 25.9. The van der Waals surface area contributed by atoms with Crippen molar-refractivity contribution in [1.29, 1.82) is 0 Å². The molecular formula is C20H36IN3O3. The number of benzene rings is 1. The summed E-state index contributed by atoms with van der Waals surface area (Å²) in [6, 6.07) is 6.12. The average Bonchev–Trinajstić information content (AvgIpc) is 2.65. The van der Waals surface area contributed by atoms with Crippen LogP contribution in [0, 0.1) is 6.92 Å². The molecule has 6 nitrogen and oxygen atoms in total. The number of aryl methyl sites for hydroxylation is 1. The Morgan fingerprint density at radius 3 is 2.44 bits per heavy atom. The summed E-state index contributed by atoms with van der Waals surface area (Å²) >= 11 is 0. The molecule has 0 aliphatic heterocycles. The summed E-state index contributed by atoms with van der Waals surface area (Å²) in [5.41, 5.74) is 1.45. The van der Waals surface area contributed by atoms with Crippen molar-refractivity contribution < 1.29 is 14.6 Å². The van der Waals surface area contributed by atoms with Gasteiger partial charge in [-0.2, -0.15) is 0 Å². The molecule has 1 aromatic rings. The van der Waals surface area contributed by atoms with E-state index >= 15 is 0 Å². The maximum absolute atomic E-state index is 10.4. The maximum Gasteiger partial charge on any atom is 0.191 e. The first-order valence-corrected chi connectivity index (χ1v) is 9.43. The number of aliphatic hydroxyl groups is 1. The molecule has 156 valence electrons. The summed E-state index contributed by atoms with van der Waals surface area (Å²) in [5.74, 6) is 1.52. The van der Waals surface area contributed by atoms with Crippen LogP contribution in [0.3, 0.4) is 0 Å². The standard InChI is InChI=1S/C20H35N3O3.HI/c1-6-20(24,7-2)15-23-19(21-8-3)22-14-17-10-9-16(4)13-18(17)26-12-11-25-5;/h9-10,13,24H,6-8,11-12,14-15H2,1-5H3,(H2,21,22,23);1H. The summed E-state index contributed by atoms with van der Waals surface area (Å²) in [7, 11) is 1.66. The molecule has 1 rings (SSSR count). The van der Waals surface area contributed by atoms with Gasteiger partial charge in [0.05, 0.1) is 18.8 Å². The lowest BCUT2D eigenvalue weighted by molar-refractivity contribution is 0.0367. The molecule has 0 saturated carbocycles. The summed E-state index contributed by atoms with van der Waals surface area (Å²) in [6.45, 7) is 10.8. The lowest BCUT2D eigenvalue weighted by Gasteiger charge is -2.26. The minimum absolute atomic E-state index is 0. The predicted octanol–water partition coefficient (Wildman–Crippen LogP) is 3.24. The molecule has 0 atom stereocenters. The SMILES string of the molecule is CCNC(=NCc1ccc(C)cc1OCCOC)NCC(O)(CC)CC.I. The molecule has 3 N–H and O–H groups in total. The zero-order chi connectivity index (χ0) is 19.4. The second-order valence-corrected chi connectivity index (χ2v) is 6.43. The highest BCUT2D eigenvalue weighted by Gasteiger charge is 2.22. The molecule has 0 unspecified atom stereocenters. The third-order valence-electron chi connectivity index (χ3n) is 4.42. The molecule has 0 fully saturated rings. The van der Waals surface area contributed by atoms with Crippen LogP contribution in [-0.4, -0.2) is 50.1 Å². The normalized spacial score (nSPS) is 11.7. The van der Waals surface area contributed by atoms with Crippen molar-refractivity contribution in [3.63, 3.8) is 0 Å². The van der Waals surface area contributed by atoms with Crippen molar-refractivity contribution >= 4 is 29.9 Å². The quantitative estimate of drug-likeness (QED) is 0.191. The van der Waals surface area contributed by atoms with Crippen molar-refractivity contribution in [3.05, 3.63) is 29.3 Å². The van der Waals surface area contributed by atoms with E-state index in [0.717, 1.165) is 23.4 Å². The molecule has 7 heteroatoms. The second kappa shape index (κ2) is 14.0. The molecule has 0 aliphatic carbocycles. The Balaban J connectivity index is 0.00000676. The minimum atomic E-state index is -0.714. The zero-order valence-electron chi connectivity index (χ0n) is 17.3. The second-order valence-electron chi connectivity index (χ2n) is 6.43. The fourth-order valence-corrected chi connectivity index (χ4v) is 2.42. The summed E-state index contributed by atoms with van der Waals surface area (Å²) < 4.78 is 10.9. The van der Waals surface area contributed by atoms with Crippen LogP contribution in [0.25, 0.3) is 0 Å². The van der Waals surface area contributed by atoms with Gasteiger partial charge in [-0.3, -0.25) is 0 Å². The van der Waals surface area contributed by atoms with Crippen molar-refractivity contribution in [2.45, 2.75) is 52.7 Å². The molecule has 0 heterocycles. The van der Waals surface area contributed by atoms with Gasteiger partial charge in [-0.1, -0.05) is 26.0 Å². The maximum atomic E-state index is 10.4. The third-order valence-corrected chi connectivity index (χ3v) is 4.42. The number of hydrogen-bond acceptors (Lipinski definition) is 4. The highest BCUT2D eigenvalue weighted by Crippen LogP contribution is 2.21. The Morgan fingerprint density at radius 2 is 1.85 bits per heavy atom. The van der Waals surface area contributed by atoms with Gasteiger partial charge in [0.1, 0.15) is 12.4 Å². The van der Waals surface area contributed by atoms with E-state index in [1.54, 1.807) is 7.11 Å². The van der Waals surface area contributed by atoms with Gasteiger partial charge in [-0.15, -0.1) is 24.0 Å². The molecule has 0 bridgehead atoms. The van der Waals surface area contributed by atoms with Crippen LogP contribution in [0.2, 0.25) is 0 Å². The van der Waals surface area contributed by atoms with E-state index in [0.29, 0.717) is 45.1 Å². The fraction of sp³-hybridized carbons (Fsp3) is 0.650. The van der Waals surface area contributed by atoms with Gasteiger partial charge in [0.15, 0.2) is 5.96 Å². The van der Waals surface area contributed by atoms with Gasteiger partial charge < -0.3 is 25.2 Å². The number of methoxy groups -OCH3 is 1. The van der Waals surface area contributed by atoms with E-state index in [-0.39, 0.29) is 24.0 Å². The zero-order valence-corrected chi connectivity index (χ0v) is 19.6. The number of guanidine groups is 1. The number of ether oxygens (including phenoxy) is 2. The van der Waals surface area contributed by atoms with Crippen molar-refractivity contribution in [3.8, 4) is 5.75 Å². The molecule has 0 spiro atoms. The molecule has 0 saturated heterocycles. The first-order valence-electron chi connectivity index (χ1n) is 9.43. The first-order chi connectivity index (χ1) is 12.5. The fourth-order valence-electron chi connectivity index (χ4n) is 2.42. The highest BCUT2D eigenvalue weighted by atomic mass is 127. The predicted molar refractivity (Wildman–Crippen MR) is 122 cm³/mol. The van der Waals surface area contributed by atoms with Crippen LogP contribution in [0.15, 0.2) is 23.2 Å². The van der Waals surface area contributed by atoms with E-state index in [1.165, 1.54) is 0 Å². The molecule has 0 amide bonds. The monoisotopic (exact) mass is 493 g/mol. The van der Waals surface area contributed by atoms with Crippen LogP contribution in [0.4, 0.5) is 0 Å². The molecular weight excluding hydrogens is 457 g/mol. The Labute approximate surface area is 181 Å². The Bertz CT molecular complexity index is 563. The number of aliphatic imine (C=N–C) groups is 1.